The molecule has 0 radical (unpaired) electrons. The molecule has 2 rings (SSSR count). The molecule has 1 unspecified atom stereocenters. The fourth-order valence-corrected chi connectivity index (χ4v) is 1.83. The Morgan fingerprint density at radius 3 is 2.79 bits per heavy atom. The molecule has 0 fully saturated rings. The molecule has 104 valence electrons. The normalized spacial score (nSPS) is 15.0. The minimum Gasteiger partial charge on any atom is -0.486 e. The molecule has 0 saturated carbocycles. The average Bonchev–Trinajstić information content (AvgIpc) is 2.43. The van der Waals surface area contributed by atoms with Crippen LogP contribution in [0.2, 0.25) is 0 Å². The number of fused-ring (bicyclic) bond motifs is 1. The summed E-state index contributed by atoms with van der Waals surface area (Å²) >= 11 is 0. The van der Waals surface area contributed by atoms with Crippen molar-refractivity contribution in [1.29, 1.82) is 0 Å². The molecule has 0 saturated heterocycles. The SMILES string of the molecule is NC(=O)C(N)CNCCc1ccc2c(c1)OCCO2. The maximum atomic E-state index is 10.8. The van der Waals surface area contributed by atoms with Crippen molar-refractivity contribution in [1.82, 2.24) is 5.32 Å². The number of rotatable bonds is 6. The number of carbonyl (C=O) groups is 1. The molecule has 0 aromatic heterocycles. The molecule has 6 nitrogen and oxygen atoms in total. The van der Waals surface area contributed by atoms with E-state index in [4.69, 9.17) is 20.9 Å². The zero-order valence-corrected chi connectivity index (χ0v) is 10.7. The van der Waals surface area contributed by atoms with E-state index in [1.54, 1.807) is 0 Å². The van der Waals surface area contributed by atoms with Crippen molar-refractivity contribution >= 4 is 5.91 Å². The van der Waals surface area contributed by atoms with Gasteiger partial charge in [-0.05, 0) is 30.7 Å². The fourth-order valence-electron chi connectivity index (χ4n) is 1.83. The van der Waals surface area contributed by atoms with Gasteiger partial charge in [0.2, 0.25) is 5.91 Å². The van der Waals surface area contributed by atoms with Crippen LogP contribution in [-0.2, 0) is 11.2 Å². The summed E-state index contributed by atoms with van der Waals surface area (Å²) in [6.45, 7) is 2.29. The van der Waals surface area contributed by atoms with Gasteiger partial charge in [-0.25, -0.2) is 0 Å². The fraction of sp³-hybridized carbons (Fsp3) is 0.462. The molecule has 0 aliphatic carbocycles. The van der Waals surface area contributed by atoms with E-state index in [1.165, 1.54) is 0 Å². The molecule has 1 aliphatic rings. The highest BCUT2D eigenvalue weighted by molar-refractivity contribution is 5.79. The van der Waals surface area contributed by atoms with Crippen molar-refractivity contribution < 1.29 is 14.3 Å². The van der Waals surface area contributed by atoms with E-state index in [0.29, 0.717) is 19.8 Å². The second kappa shape index (κ2) is 6.40. The van der Waals surface area contributed by atoms with Crippen molar-refractivity contribution in [2.75, 3.05) is 26.3 Å². The molecule has 0 bridgehead atoms. The van der Waals surface area contributed by atoms with E-state index < -0.39 is 11.9 Å². The Balaban J connectivity index is 1.78. The van der Waals surface area contributed by atoms with Crippen molar-refractivity contribution in [3.05, 3.63) is 23.8 Å². The summed E-state index contributed by atoms with van der Waals surface area (Å²) in [6, 6.07) is 5.26. The Morgan fingerprint density at radius 1 is 1.32 bits per heavy atom. The van der Waals surface area contributed by atoms with E-state index in [9.17, 15) is 4.79 Å². The van der Waals surface area contributed by atoms with Gasteiger partial charge in [0.1, 0.15) is 13.2 Å². The largest absolute Gasteiger partial charge is 0.486 e. The van der Waals surface area contributed by atoms with Crippen LogP contribution in [-0.4, -0.2) is 38.3 Å². The lowest BCUT2D eigenvalue weighted by Gasteiger charge is -2.19. The zero-order valence-electron chi connectivity index (χ0n) is 10.7. The van der Waals surface area contributed by atoms with Crippen molar-refractivity contribution in [2.45, 2.75) is 12.5 Å². The van der Waals surface area contributed by atoms with Crippen molar-refractivity contribution in [3.63, 3.8) is 0 Å². The lowest BCUT2D eigenvalue weighted by molar-refractivity contribution is -0.119. The molecular formula is C13H19N3O3. The first-order chi connectivity index (χ1) is 9.16. The summed E-state index contributed by atoms with van der Waals surface area (Å²) < 4.78 is 11.0. The Bertz CT molecular complexity index is 451. The number of hydrogen-bond donors (Lipinski definition) is 3. The zero-order chi connectivity index (χ0) is 13.7. The minimum absolute atomic E-state index is 0.389. The van der Waals surface area contributed by atoms with Gasteiger partial charge < -0.3 is 26.3 Å². The summed E-state index contributed by atoms with van der Waals surface area (Å²) in [5, 5.41) is 3.10. The Hall–Kier alpha value is -1.79. The number of nitrogens with two attached hydrogens (primary N) is 2. The third-order valence-electron chi connectivity index (χ3n) is 2.93. The predicted octanol–water partition coefficient (Wildman–Crippen LogP) is -0.597. The smallest absolute Gasteiger partial charge is 0.235 e. The average molecular weight is 265 g/mol. The number of carbonyl (C=O) groups excluding carboxylic acids is 1. The Morgan fingerprint density at radius 2 is 2.05 bits per heavy atom. The van der Waals surface area contributed by atoms with Crippen molar-refractivity contribution in [2.24, 2.45) is 11.5 Å². The number of ether oxygens (including phenoxy) is 2. The predicted molar refractivity (Wildman–Crippen MR) is 71.2 cm³/mol. The number of benzene rings is 1. The summed E-state index contributed by atoms with van der Waals surface area (Å²) in [4.78, 5) is 10.8. The van der Waals surface area contributed by atoms with Gasteiger partial charge >= 0.3 is 0 Å². The molecule has 1 amide bonds. The Labute approximate surface area is 112 Å². The van der Waals surface area contributed by atoms with E-state index in [1.807, 2.05) is 18.2 Å². The number of amides is 1. The molecule has 1 aromatic rings. The van der Waals surface area contributed by atoms with Crippen LogP contribution >= 0.6 is 0 Å². The summed E-state index contributed by atoms with van der Waals surface area (Å²) in [7, 11) is 0. The highest BCUT2D eigenvalue weighted by Crippen LogP contribution is 2.30. The van der Waals surface area contributed by atoms with Crippen LogP contribution in [0.1, 0.15) is 5.56 Å². The molecule has 1 heterocycles. The quantitative estimate of drug-likeness (QED) is 0.597. The van der Waals surface area contributed by atoms with Gasteiger partial charge in [0.15, 0.2) is 11.5 Å². The van der Waals surface area contributed by atoms with Crippen LogP contribution in [0, 0.1) is 0 Å². The van der Waals surface area contributed by atoms with Crippen LogP contribution in [0.5, 0.6) is 11.5 Å². The second-order valence-electron chi connectivity index (χ2n) is 4.44. The first kappa shape index (κ1) is 13.6. The first-order valence-electron chi connectivity index (χ1n) is 6.31. The molecule has 1 aromatic carbocycles. The van der Waals surface area contributed by atoms with Gasteiger partial charge in [-0.2, -0.15) is 0 Å². The van der Waals surface area contributed by atoms with Crippen LogP contribution in [0.4, 0.5) is 0 Å². The standard InChI is InChI=1S/C13H19N3O3/c14-10(13(15)17)8-16-4-3-9-1-2-11-12(7-9)19-6-5-18-11/h1-2,7,10,16H,3-6,8,14H2,(H2,15,17). The third-order valence-corrected chi connectivity index (χ3v) is 2.93. The Kier molecular flexibility index (Phi) is 4.59. The molecular weight excluding hydrogens is 246 g/mol. The van der Waals surface area contributed by atoms with Gasteiger partial charge in [0, 0.05) is 6.54 Å². The lowest BCUT2D eigenvalue weighted by atomic mass is 10.1. The molecule has 1 atom stereocenters. The van der Waals surface area contributed by atoms with E-state index >= 15 is 0 Å². The maximum absolute atomic E-state index is 10.8. The molecule has 6 heteroatoms. The molecule has 5 N–H and O–H groups in total. The van der Waals surface area contributed by atoms with Gasteiger partial charge in [-0.1, -0.05) is 6.07 Å². The molecule has 0 spiro atoms. The highest BCUT2D eigenvalue weighted by Gasteiger charge is 2.11. The molecule has 19 heavy (non-hydrogen) atoms. The highest BCUT2D eigenvalue weighted by atomic mass is 16.6. The number of nitrogens with one attached hydrogen (secondary N) is 1. The maximum Gasteiger partial charge on any atom is 0.235 e. The van der Waals surface area contributed by atoms with Gasteiger partial charge in [0.25, 0.3) is 0 Å². The number of primary amides is 1. The van der Waals surface area contributed by atoms with Crippen LogP contribution in [0.25, 0.3) is 0 Å². The number of hydrogen-bond acceptors (Lipinski definition) is 5. The third kappa shape index (κ3) is 3.84. The second-order valence-corrected chi connectivity index (χ2v) is 4.44. The van der Waals surface area contributed by atoms with E-state index in [-0.39, 0.29) is 0 Å². The lowest BCUT2D eigenvalue weighted by Crippen LogP contribution is -2.44. The topological polar surface area (TPSA) is 99.6 Å². The van der Waals surface area contributed by atoms with Crippen LogP contribution in [0.3, 0.4) is 0 Å². The van der Waals surface area contributed by atoms with Gasteiger partial charge in [-0.15, -0.1) is 0 Å². The van der Waals surface area contributed by atoms with E-state index in [2.05, 4.69) is 5.32 Å². The van der Waals surface area contributed by atoms with Crippen LogP contribution in [0.15, 0.2) is 18.2 Å². The molecule has 1 aliphatic heterocycles. The first-order valence-corrected chi connectivity index (χ1v) is 6.31. The summed E-state index contributed by atoms with van der Waals surface area (Å²) in [5.74, 6) is 1.09. The minimum atomic E-state index is -0.639. The monoisotopic (exact) mass is 265 g/mol. The summed E-state index contributed by atoms with van der Waals surface area (Å²) in [5.41, 5.74) is 11.7. The van der Waals surface area contributed by atoms with Crippen molar-refractivity contribution in [3.8, 4) is 11.5 Å². The van der Waals surface area contributed by atoms with Gasteiger partial charge in [-0.3, -0.25) is 4.79 Å². The van der Waals surface area contributed by atoms with Gasteiger partial charge in [0.05, 0.1) is 6.04 Å². The van der Waals surface area contributed by atoms with E-state index in [0.717, 1.165) is 30.0 Å². The summed E-state index contributed by atoms with van der Waals surface area (Å²) in [6.07, 6.45) is 0.822. The van der Waals surface area contributed by atoms with Crippen LogP contribution < -0.4 is 26.3 Å².